The summed E-state index contributed by atoms with van der Waals surface area (Å²) in [4.78, 5) is 18.9. The number of hydrogen-bond acceptors (Lipinski definition) is 7. The van der Waals surface area contributed by atoms with E-state index in [1.54, 1.807) is 12.3 Å². The third kappa shape index (κ3) is 3.67. The zero-order valence-electron chi connectivity index (χ0n) is 13.7. The first kappa shape index (κ1) is 17.4. The van der Waals surface area contributed by atoms with Crippen molar-refractivity contribution in [2.45, 2.75) is 26.4 Å². The summed E-state index contributed by atoms with van der Waals surface area (Å²) in [6.45, 7) is 4.67. The highest BCUT2D eigenvalue weighted by atomic mass is 35.5. The van der Waals surface area contributed by atoms with E-state index in [1.807, 2.05) is 12.1 Å². The summed E-state index contributed by atoms with van der Waals surface area (Å²) in [5.41, 5.74) is 13.9. The summed E-state index contributed by atoms with van der Waals surface area (Å²) >= 11 is 12.2. The van der Waals surface area contributed by atoms with E-state index >= 15 is 0 Å². The molecule has 0 amide bonds. The number of rotatable bonds is 4. The molecule has 0 aliphatic heterocycles. The average Bonchev–Trinajstić information content (AvgIpc) is 2.55. The second-order valence-electron chi connectivity index (χ2n) is 5.82. The van der Waals surface area contributed by atoms with Crippen molar-refractivity contribution in [3.63, 3.8) is 0 Å². The molecule has 2 heterocycles. The van der Waals surface area contributed by atoms with Crippen LogP contribution >= 0.6 is 23.2 Å². The summed E-state index contributed by atoms with van der Waals surface area (Å²) in [5.74, 6) is 0.286. The zero-order valence-corrected chi connectivity index (χ0v) is 15.3. The molecule has 7 nitrogen and oxygen atoms in total. The third-order valence-electron chi connectivity index (χ3n) is 3.69. The molecule has 4 N–H and O–H groups in total. The second kappa shape index (κ2) is 6.85. The van der Waals surface area contributed by atoms with Crippen LogP contribution in [0.15, 0.2) is 24.4 Å². The van der Waals surface area contributed by atoms with Crippen LogP contribution in [0.2, 0.25) is 10.0 Å². The Morgan fingerprint density at radius 2 is 1.84 bits per heavy atom. The Morgan fingerprint density at radius 3 is 2.52 bits per heavy atom. The van der Waals surface area contributed by atoms with Gasteiger partial charge in [-0.05, 0) is 32.0 Å². The lowest BCUT2D eigenvalue weighted by Gasteiger charge is -2.29. The topological polar surface area (TPSA) is 107 Å². The molecular formula is C16H17Cl2N7. The fourth-order valence-corrected chi connectivity index (χ4v) is 2.76. The molecule has 0 radical (unpaired) electrons. The van der Waals surface area contributed by atoms with E-state index in [-0.39, 0.29) is 17.8 Å². The van der Waals surface area contributed by atoms with Gasteiger partial charge in [0.1, 0.15) is 0 Å². The number of nitrogens with two attached hydrogens (primary N) is 2. The molecule has 1 aromatic carbocycles. The van der Waals surface area contributed by atoms with E-state index in [9.17, 15) is 0 Å². The molecule has 9 heteroatoms. The lowest BCUT2D eigenvalue weighted by Crippen LogP contribution is -2.30. The summed E-state index contributed by atoms with van der Waals surface area (Å²) in [5, 5.41) is 1.02. The first-order chi connectivity index (χ1) is 11.8. The molecule has 130 valence electrons. The monoisotopic (exact) mass is 377 g/mol. The first-order valence-electron chi connectivity index (χ1n) is 7.61. The molecule has 0 spiro atoms. The van der Waals surface area contributed by atoms with E-state index < -0.39 is 0 Å². The van der Waals surface area contributed by atoms with Crippen molar-refractivity contribution in [3.05, 3.63) is 40.1 Å². The number of hydrogen-bond donors (Lipinski definition) is 2. The summed E-state index contributed by atoms with van der Waals surface area (Å²) in [7, 11) is 0. The highest BCUT2D eigenvalue weighted by Gasteiger charge is 2.15. The molecule has 0 unspecified atom stereocenters. The van der Waals surface area contributed by atoms with Gasteiger partial charge in [0.25, 0.3) is 0 Å². The Bertz CT molecular complexity index is 930. The van der Waals surface area contributed by atoms with Crippen molar-refractivity contribution < 1.29 is 0 Å². The largest absolute Gasteiger partial charge is 0.382 e. The minimum absolute atomic E-state index is 0.0756. The van der Waals surface area contributed by atoms with Crippen LogP contribution in [0.3, 0.4) is 0 Å². The van der Waals surface area contributed by atoms with Gasteiger partial charge in [0, 0.05) is 11.7 Å². The van der Waals surface area contributed by atoms with Gasteiger partial charge in [-0.3, -0.25) is 0 Å². The number of aromatic nitrogens is 4. The number of fused-ring (bicyclic) bond motifs is 1. The minimum atomic E-state index is 0.0756. The maximum atomic E-state index is 6.15. The SMILES string of the molecule is CC(C)N(Cc1cnc2nc(N)nc(N)c2n1)c1ccc(Cl)c(Cl)c1. The van der Waals surface area contributed by atoms with Crippen molar-refractivity contribution in [1.82, 2.24) is 19.9 Å². The predicted molar refractivity (Wildman–Crippen MR) is 102 cm³/mol. The number of halogens is 2. The lowest BCUT2D eigenvalue weighted by molar-refractivity contribution is 0.673. The van der Waals surface area contributed by atoms with Gasteiger partial charge in [-0.25, -0.2) is 9.97 Å². The number of anilines is 3. The quantitative estimate of drug-likeness (QED) is 0.717. The zero-order chi connectivity index (χ0) is 18.1. The Morgan fingerprint density at radius 1 is 1.08 bits per heavy atom. The first-order valence-corrected chi connectivity index (χ1v) is 8.37. The second-order valence-corrected chi connectivity index (χ2v) is 6.64. The van der Waals surface area contributed by atoms with Gasteiger partial charge in [-0.2, -0.15) is 9.97 Å². The van der Waals surface area contributed by atoms with Crippen LogP contribution < -0.4 is 16.4 Å². The highest BCUT2D eigenvalue weighted by Crippen LogP contribution is 2.29. The maximum Gasteiger partial charge on any atom is 0.224 e. The molecular weight excluding hydrogens is 361 g/mol. The molecule has 0 atom stereocenters. The molecule has 3 rings (SSSR count). The Hall–Kier alpha value is -2.38. The van der Waals surface area contributed by atoms with Crippen molar-refractivity contribution in [1.29, 1.82) is 0 Å². The molecule has 0 saturated heterocycles. The fraction of sp³-hybridized carbons (Fsp3) is 0.250. The van der Waals surface area contributed by atoms with Crippen molar-refractivity contribution in [3.8, 4) is 0 Å². The van der Waals surface area contributed by atoms with Crippen LogP contribution in [0, 0.1) is 0 Å². The van der Waals surface area contributed by atoms with Crippen LogP contribution in [-0.4, -0.2) is 26.0 Å². The molecule has 2 aromatic heterocycles. The molecule has 0 saturated carbocycles. The van der Waals surface area contributed by atoms with E-state index in [4.69, 9.17) is 34.7 Å². The van der Waals surface area contributed by atoms with Crippen molar-refractivity contribution in [2.75, 3.05) is 16.4 Å². The van der Waals surface area contributed by atoms with Gasteiger partial charge in [-0.1, -0.05) is 23.2 Å². The molecule has 0 aliphatic carbocycles. The summed E-state index contributed by atoms with van der Waals surface area (Å²) in [6, 6.07) is 5.72. The van der Waals surface area contributed by atoms with Gasteiger partial charge < -0.3 is 16.4 Å². The normalized spacial score (nSPS) is 11.2. The van der Waals surface area contributed by atoms with E-state index in [0.29, 0.717) is 27.8 Å². The van der Waals surface area contributed by atoms with Crippen LogP contribution in [-0.2, 0) is 6.54 Å². The number of benzene rings is 1. The van der Waals surface area contributed by atoms with Gasteiger partial charge in [0.05, 0.1) is 28.5 Å². The van der Waals surface area contributed by atoms with Gasteiger partial charge in [0.15, 0.2) is 17.0 Å². The Kier molecular flexibility index (Phi) is 4.78. The molecule has 0 bridgehead atoms. The standard InChI is InChI=1S/C16H17Cl2N7/c1-8(2)25(10-3-4-11(17)12(18)5-10)7-9-6-21-15-13(22-9)14(19)23-16(20)24-15/h3-6,8H,7H2,1-2H3,(H4,19,20,21,23,24). The smallest absolute Gasteiger partial charge is 0.224 e. The van der Waals surface area contributed by atoms with Crippen LogP contribution in [0.5, 0.6) is 0 Å². The summed E-state index contributed by atoms with van der Waals surface area (Å²) < 4.78 is 0. The van der Waals surface area contributed by atoms with Crippen LogP contribution in [0.1, 0.15) is 19.5 Å². The Balaban J connectivity index is 1.97. The van der Waals surface area contributed by atoms with Crippen molar-refractivity contribution >= 4 is 51.8 Å². The molecule has 25 heavy (non-hydrogen) atoms. The van der Waals surface area contributed by atoms with Gasteiger partial charge >= 0.3 is 0 Å². The van der Waals surface area contributed by atoms with Crippen molar-refractivity contribution in [2.24, 2.45) is 0 Å². The van der Waals surface area contributed by atoms with Gasteiger partial charge in [-0.15, -0.1) is 0 Å². The molecule has 0 aliphatic rings. The minimum Gasteiger partial charge on any atom is -0.382 e. The predicted octanol–water partition coefficient (Wildman–Crippen LogP) is 3.31. The molecule has 3 aromatic rings. The molecule has 0 fully saturated rings. The lowest BCUT2D eigenvalue weighted by atomic mass is 10.2. The van der Waals surface area contributed by atoms with E-state index in [2.05, 4.69) is 38.7 Å². The Labute approximate surface area is 155 Å². The number of nitrogens with zero attached hydrogens (tertiary/aromatic N) is 5. The maximum absolute atomic E-state index is 6.15. The number of nitrogen functional groups attached to an aromatic ring is 2. The van der Waals surface area contributed by atoms with E-state index in [0.717, 1.165) is 11.4 Å². The fourth-order valence-electron chi connectivity index (χ4n) is 2.47. The summed E-state index contributed by atoms with van der Waals surface area (Å²) in [6.07, 6.45) is 1.65. The van der Waals surface area contributed by atoms with E-state index in [1.165, 1.54) is 0 Å². The average molecular weight is 378 g/mol. The highest BCUT2D eigenvalue weighted by molar-refractivity contribution is 6.42. The van der Waals surface area contributed by atoms with Crippen LogP contribution in [0.4, 0.5) is 17.5 Å². The third-order valence-corrected chi connectivity index (χ3v) is 4.43. The van der Waals surface area contributed by atoms with Gasteiger partial charge in [0.2, 0.25) is 5.95 Å². The van der Waals surface area contributed by atoms with Crippen LogP contribution in [0.25, 0.3) is 11.2 Å².